The summed E-state index contributed by atoms with van der Waals surface area (Å²) >= 11 is 0. The Kier molecular flexibility index (Phi) is 7.40. The molecule has 1 N–H and O–H groups in total. The van der Waals surface area contributed by atoms with Crippen LogP contribution in [-0.2, 0) is 14.3 Å². The fraction of sp³-hybridized carbons (Fsp3) is 0.438. The number of nitrogens with one attached hydrogen (secondary N) is 1. The molecule has 0 saturated heterocycles. The predicted octanol–water partition coefficient (Wildman–Crippen LogP) is 1.94. The molecule has 0 radical (unpaired) electrons. The third kappa shape index (κ3) is 5.87. The molecule has 1 aromatic rings. The van der Waals surface area contributed by atoms with Crippen molar-refractivity contribution in [3.05, 3.63) is 18.2 Å². The van der Waals surface area contributed by atoms with Crippen molar-refractivity contribution in [1.29, 1.82) is 5.26 Å². The fourth-order valence-electron chi connectivity index (χ4n) is 2.08. The van der Waals surface area contributed by atoms with E-state index in [0.29, 0.717) is 24.5 Å². The van der Waals surface area contributed by atoms with Gasteiger partial charge >= 0.3 is 5.97 Å². The highest BCUT2D eigenvalue weighted by molar-refractivity contribution is 5.89. The highest BCUT2D eigenvalue weighted by Gasteiger charge is 2.14. The molecule has 0 heterocycles. The third-order valence-electron chi connectivity index (χ3n) is 3.11. The molecule has 7 heteroatoms. The second-order valence-electron chi connectivity index (χ2n) is 4.72. The number of anilines is 2. The van der Waals surface area contributed by atoms with Gasteiger partial charge in [-0.3, -0.25) is 9.59 Å². The summed E-state index contributed by atoms with van der Waals surface area (Å²) in [7, 11) is 1.56. The Labute approximate surface area is 135 Å². The van der Waals surface area contributed by atoms with E-state index < -0.39 is 5.97 Å². The number of hydrogen-bond acceptors (Lipinski definition) is 6. The van der Waals surface area contributed by atoms with Crippen molar-refractivity contribution in [2.45, 2.75) is 20.3 Å². The summed E-state index contributed by atoms with van der Waals surface area (Å²) in [6, 6.07) is 7.06. The Morgan fingerprint density at radius 2 is 2.13 bits per heavy atom. The standard InChI is InChI=1S/C16H21N3O4/c1-4-19(9-7-16(21)23-10-8-17)14-11-13(18-12(2)20)5-6-15(14)22-3/h5-6,11H,4,7,9-10H2,1-3H3,(H,18,20). The highest BCUT2D eigenvalue weighted by Crippen LogP contribution is 2.31. The number of hydrogen-bond donors (Lipinski definition) is 1. The lowest BCUT2D eigenvalue weighted by atomic mass is 10.2. The van der Waals surface area contributed by atoms with Crippen molar-refractivity contribution in [3.63, 3.8) is 0 Å². The topological polar surface area (TPSA) is 91.7 Å². The van der Waals surface area contributed by atoms with Crippen molar-refractivity contribution in [3.8, 4) is 11.8 Å². The first-order valence-electron chi connectivity index (χ1n) is 7.25. The van der Waals surface area contributed by atoms with Crippen LogP contribution in [0.25, 0.3) is 0 Å². The van der Waals surface area contributed by atoms with Crippen LogP contribution < -0.4 is 15.0 Å². The average Bonchev–Trinajstić information content (AvgIpc) is 2.53. The van der Waals surface area contributed by atoms with Gasteiger partial charge in [-0.2, -0.15) is 5.26 Å². The largest absolute Gasteiger partial charge is 0.495 e. The average molecular weight is 319 g/mol. The van der Waals surface area contributed by atoms with E-state index in [2.05, 4.69) is 5.32 Å². The maximum Gasteiger partial charge on any atom is 0.308 e. The second-order valence-corrected chi connectivity index (χ2v) is 4.72. The number of methoxy groups -OCH3 is 1. The number of rotatable bonds is 8. The molecule has 0 aliphatic heterocycles. The van der Waals surface area contributed by atoms with E-state index >= 15 is 0 Å². The molecule has 0 bridgehead atoms. The summed E-state index contributed by atoms with van der Waals surface area (Å²) < 4.78 is 10.1. The normalized spacial score (nSPS) is 9.65. The number of carbonyl (C=O) groups is 2. The van der Waals surface area contributed by atoms with Crippen LogP contribution in [0.1, 0.15) is 20.3 Å². The zero-order valence-electron chi connectivity index (χ0n) is 13.6. The summed E-state index contributed by atoms with van der Waals surface area (Å²) in [5, 5.41) is 11.1. The molecule has 124 valence electrons. The number of nitrogens with zero attached hydrogens (tertiary/aromatic N) is 2. The van der Waals surface area contributed by atoms with Gasteiger partial charge in [0.05, 0.1) is 19.2 Å². The molecule has 1 amide bonds. The number of amides is 1. The Morgan fingerprint density at radius 1 is 1.39 bits per heavy atom. The molecule has 23 heavy (non-hydrogen) atoms. The van der Waals surface area contributed by atoms with E-state index in [4.69, 9.17) is 14.7 Å². The predicted molar refractivity (Wildman–Crippen MR) is 86.4 cm³/mol. The van der Waals surface area contributed by atoms with Gasteiger partial charge in [-0.05, 0) is 25.1 Å². The van der Waals surface area contributed by atoms with Gasteiger partial charge < -0.3 is 19.7 Å². The Morgan fingerprint density at radius 3 is 2.70 bits per heavy atom. The summed E-state index contributed by atoms with van der Waals surface area (Å²) in [4.78, 5) is 24.7. The van der Waals surface area contributed by atoms with Gasteiger partial charge in [0.15, 0.2) is 6.61 Å². The van der Waals surface area contributed by atoms with Gasteiger partial charge in [0, 0.05) is 25.7 Å². The number of esters is 1. The van der Waals surface area contributed by atoms with Crippen LogP contribution in [0, 0.1) is 11.3 Å². The van der Waals surface area contributed by atoms with Crippen LogP contribution in [-0.4, -0.2) is 38.7 Å². The first-order chi connectivity index (χ1) is 11.0. The van der Waals surface area contributed by atoms with Gasteiger partial charge in [0.1, 0.15) is 11.8 Å². The summed E-state index contributed by atoms with van der Waals surface area (Å²) in [5.41, 5.74) is 1.42. The summed E-state index contributed by atoms with van der Waals surface area (Å²) in [5.74, 6) is 0.0533. The van der Waals surface area contributed by atoms with Crippen LogP contribution in [0.5, 0.6) is 5.75 Å². The molecular weight excluding hydrogens is 298 g/mol. The smallest absolute Gasteiger partial charge is 0.308 e. The fourth-order valence-corrected chi connectivity index (χ4v) is 2.08. The van der Waals surface area contributed by atoms with E-state index in [9.17, 15) is 9.59 Å². The molecule has 0 saturated carbocycles. The molecule has 0 aliphatic rings. The van der Waals surface area contributed by atoms with Gasteiger partial charge in [-0.25, -0.2) is 0 Å². The third-order valence-corrected chi connectivity index (χ3v) is 3.11. The van der Waals surface area contributed by atoms with Crippen LogP contribution in [0.3, 0.4) is 0 Å². The maximum atomic E-state index is 11.5. The summed E-state index contributed by atoms with van der Waals surface area (Å²) in [6.45, 7) is 4.20. The highest BCUT2D eigenvalue weighted by atomic mass is 16.5. The SMILES string of the molecule is CCN(CCC(=O)OCC#N)c1cc(NC(C)=O)ccc1OC. The van der Waals surface area contributed by atoms with Crippen molar-refractivity contribution in [2.75, 3.05) is 37.0 Å². The zero-order valence-corrected chi connectivity index (χ0v) is 13.6. The second kappa shape index (κ2) is 9.30. The van der Waals surface area contributed by atoms with Gasteiger partial charge in [0.2, 0.25) is 5.91 Å². The molecule has 1 rings (SSSR count). The van der Waals surface area contributed by atoms with Crippen LogP contribution in [0.2, 0.25) is 0 Å². The van der Waals surface area contributed by atoms with E-state index in [1.54, 1.807) is 31.4 Å². The van der Waals surface area contributed by atoms with Gasteiger partial charge in [0.25, 0.3) is 0 Å². The molecule has 0 spiro atoms. The van der Waals surface area contributed by atoms with E-state index in [0.717, 1.165) is 5.69 Å². The first-order valence-corrected chi connectivity index (χ1v) is 7.25. The van der Waals surface area contributed by atoms with E-state index in [1.807, 2.05) is 11.8 Å². The number of carbonyl (C=O) groups excluding carboxylic acids is 2. The minimum absolute atomic E-state index is 0.156. The van der Waals surface area contributed by atoms with E-state index in [-0.39, 0.29) is 18.9 Å². The lowest BCUT2D eigenvalue weighted by Gasteiger charge is -2.25. The Hall–Kier alpha value is -2.75. The zero-order chi connectivity index (χ0) is 17.2. The molecule has 0 unspecified atom stereocenters. The first kappa shape index (κ1) is 18.3. The Bertz CT molecular complexity index is 595. The quantitative estimate of drug-likeness (QED) is 0.736. The Balaban J connectivity index is 2.88. The number of benzene rings is 1. The molecule has 0 aromatic heterocycles. The van der Waals surface area contributed by atoms with Crippen LogP contribution in [0.15, 0.2) is 18.2 Å². The molecule has 7 nitrogen and oxygen atoms in total. The van der Waals surface area contributed by atoms with E-state index in [1.165, 1.54) is 6.92 Å². The van der Waals surface area contributed by atoms with Crippen molar-refractivity contribution in [2.24, 2.45) is 0 Å². The van der Waals surface area contributed by atoms with Gasteiger partial charge in [-0.1, -0.05) is 0 Å². The van der Waals surface area contributed by atoms with Crippen LogP contribution in [0.4, 0.5) is 11.4 Å². The lowest BCUT2D eigenvalue weighted by Crippen LogP contribution is -2.27. The molecule has 1 aromatic carbocycles. The maximum absolute atomic E-state index is 11.5. The molecule has 0 atom stereocenters. The minimum Gasteiger partial charge on any atom is -0.495 e. The molecule has 0 fully saturated rings. The minimum atomic E-state index is -0.429. The van der Waals surface area contributed by atoms with Crippen molar-refractivity contribution in [1.82, 2.24) is 0 Å². The number of nitriles is 1. The van der Waals surface area contributed by atoms with Gasteiger partial charge in [-0.15, -0.1) is 0 Å². The van der Waals surface area contributed by atoms with Crippen LogP contribution >= 0.6 is 0 Å². The molecular formula is C16H21N3O4. The monoisotopic (exact) mass is 319 g/mol. The lowest BCUT2D eigenvalue weighted by molar-refractivity contribution is -0.142. The number of ether oxygens (including phenoxy) is 2. The summed E-state index contributed by atoms with van der Waals surface area (Å²) in [6.07, 6.45) is 0.156. The van der Waals surface area contributed by atoms with Crippen molar-refractivity contribution >= 4 is 23.3 Å². The molecule has 0 aliphatic carbocycles. The van der Waals surface area contributed by atoms with Crippen molar-refractivity contribution < 1.29 is 19.1 Å².